The molecule has 4 heteroatoms. The maximum atomic E-state index is 12.8. The Balaban J connectivity index is 2.94. The van der Waals surface area contributed by atoms with Gasteiger partial charge in [0.25, 0.3) is 0 Å². The van der Waals surface area contributed by atoms with Crippen LogP contribution >= 0.6 is 11.6 Å². The lowest BCUT2D eigenvalue weighted by Crippen LogP contribution is -1.97. The van der Waals surface area contributed by atoms with Crippen LogP contribution in [0.1, 0.15) is 0 Å². The molecule has 0 amide bonds. The Hall–Kier alpha value is -1.22. The van der Waals surface area contributed by atoms with Crippen LogP contribution in [-0.2, 0) is 0 Å². The first kappa shape index (κ1) is 9.86. The predicted octanol–water partition coefficient (Wildman–Crippen LogP) is 2.63. The maximum Gasteiger partial charge on any atom is 0.147 e. The van der Waals surface area contributed by atoms with Gasteiger partial charge in [-0.05, 0) is 6.07 Å². The molecule has 0 aliphatic rings. The van der Waals surface area contributed by atoms with Crippen LogP contribution < -0.4 is 10.5 Å². The molecular weight excluding hydrogens is 193 g/mol. The van der Waals surface area contributed by atoms with E-state index in [-0.39, 0.29) is 10.7 Å². The van der Waals surface area contributed by atoms with Gasteiger partial charge in [0, 0.05) is 6.07 Å². The molecule has 0 aliphatic heterocycles. The topological polar surface area (TPSA) is 35.2 Å². The van der Waals surface area contributed by atoms with Gasteiger partial charge in [0.2, 0.25) is 0 Å². The second-order valence-electron chi connectivity index (χ2n) is 2.40. The summed E-state index contributed by atoms with van der Waals surface area (Å²) in [5.41, 5.74) is 5.34. The molecular formula is C9H9ClFNO. The summed E-state index contributed by atoms with van der Waals surface area (Å²) in [5.74, 6) is -0.184. The molecule has 1 aromatic rings. The number of hydrogen-bond acceptors (Lipinski definition) is 2. The number of rotatable bonds is 3. The lowest BCUT2D eigenvalue weighted by Gasteiger charge is -2.06. The van der Waals surface area contributed by atoms with E-state index >= 15 is 0 Å². The molecule has 13 heavy (non-hydrogen) atoms. The first-order chi connectivity index (χ1) is 6.15. The summed E-state index contributed by atoms with van der Waals surface area (Å²) in [5, 5.41) is 0.202. The van der Waals surface area contributed by atoms with Gasteiger partial charge in [-0.25, -0.2) is 4.39 Å². The molecule has 70 valence electrons. The van der Waals surface area contributed by atoms with Gasteiger partial charge in [-0.1, -0.05) is 24.3 Å². The molecule has 0 aromatic heterocycles. The van der Waals surface area contributed by atoms with E-state index in [9.17, 15) is 4.39 Å². The molecule has 2 N–H and O–H groups in total. The van der Waals surface area contributed by atoms with Crippen LogP contribution in [0.25, 0.3) is 0 Å². The lowest BCUT2D eigenvalue weighted by molar-refractivity contribution is 0.363. The van der Waals surface area contributed by atoms with Gasteiger partial charge >= 0.3 is 0 Å². The van der Waals surface area contributed by atoms with Crippen LogP contribution in [0.2, 0.25) is 5.02 Å². The largest absolute Gasteiger partial charge is 0.488 e. The number of benzene rings is 1. The van der Waals surface area contributed by atoms with Crippen LogP contribution in [0.4, 0.5) is 10.1 Å². The number of ether oxygens (including phenoxy) is 1. The van der Waals surface area contributed by atoms with Crippen LogP contribution in [0.3, 0.4) is 0 Å². The van der Waals surface area contributed by atoms with Gasteiger partial charge in [0.1, 0.15) is 18.2 Å². The van der Waals surface area contributed by atoms with Crippen LogP contribution in [0, 0.1) is 5.82 Å². The van der Waals surface area contributed by atoms with Gasteiger partial charge in [-0.15, -0.1) is 0 Å². The Morgan fingerprint density at radius 2 is 2.31 bits per heavy atom. The Bertz CT molecular complexity index is 328. The number of nitrogens with two attached hydrogens (primary N) is 1. The average Bonchev–Trinajstić information content (AvgIpc) is 2.09. The first-order valence-corrected chi connectivity index (χ1v) is 4.01. The normalized spacial score (nSPS) is 9.69. The van der Waals surface area contributed by atoms with Crippen LogP contribution in [0.5, 0.6) is 5.75 Å². The summed E-state index contributed by atoms with van der Waals surface area (Å²) in [6, 6.07) is 2.47. The van der Waals surface area contributed by atoms with E-state index < -0.39 is 5.82 Å². The van der Waals surface area contributed by atoms with E-state index in [2.05, 4.69) is 6.58 Å². The fraction of sp³-hybridized carbons (Fsp3) is 0.111. The molecule has 0 unspecified atom stereocenters. The van der Waals surface area contributed by atoms with Crippen molar-refractivity contribution in [3.05, 3.63) is 35.6 Å². The van der Waals surface area contributed by atoms with Gasteiger partial charge in [0.15, 0.2) is 0 Å². The van der Waals surface area contributed by atoms with E-state index in [0.29, 0.717) is 12.4 Å². The average molecular weight is 202 g/mol. The third-order valence-corrected chi connectivity index (χ3v) is 1.70. The van der Waals surface area contributed by atoms with Crippen molar-refractivity contribution >= 4 is 17.3 Å². The minimum atomic E-state index is -0.545. The van der Waals surface area contributed by atoms with Crippen molar-refractivity contribution in [1.82, 2.24) is 0 Å². The van der Waals surface area contributed by atoms with E-state index in [1.165, 1.54) is 6.07 Å². The van der Waals surface area contributed by atoms with Crippen molar-refractivity contribution in [2.75, 3.05) is 12.3 Å². The summed E-state index contributed by atoms with van der Waals surface area (Å²) >= 11 is 5.68. The monoisotopic (exact) mass is 201 g/mol. The van der Waals surface area contributed by atoms with E-state index in [4.69, 9.17) is 22.1 Å². The highest BCUT2D eigenvalue weighted by Gasteiger charge is 2.06. The molecule has 0 saturated heterocycles. The highest BCUT2D eigenvalue weighted by molar-refractivity contribution is 6.32. The van der Waals surface area contributed by atoms with E-state index in [1.807, 2.05) is 0 Å². The van der Waals surface area contributed by atoms with Crippen molar-refractivity contribution in [1.29, 1.82) is 0 Å². The van der Waals surface area contributed by atoms with Crippen molar-refractivity contribution in [2.45, 2.75) is 0 Å². The molecule has 0 saturated carbocycles. The number of anilines is 1. The molecule has 0 spiro atoms. The Kier molecular flexibility index (Phi) is 3.14. The van der Waals surface area contributed by atoms with Crippen LogP contribution in [0.15, 0.2) is 24.8 Å². The Morgan fingerprint density at radius 3 is 2.92 bits per heavy atom. The summed E-state index contributed by atoms with van der Waals surface area (Å²) in [6.45, 7) is 3.78. The fourth-order valence-electron chi connectivity index (χ4n) is 0.804. The predicted molar refractivity (Wildman–Crippen MR) is 51.5 cm³/mol. The SMILES string of the molecule is C=CCOc1cc(N)c(F)cc1Cl. The fourth-order valence-corrected chi connectivity index (χ4v) is 1.01. The smallest absolute Gasteiger partial charge is 0.147 e. The zero-order valence-corrected chi connectivity index (χ0v) is 7.64. The Labute approximate surface area is 80.8 Å². The zero-order valence-electron chi connectivity index (χ0n) is 6.89. The van der Waals surface area contributed by atoms with Gasteiger partial charge in [0.05, 0.1) is 10.7 Å². The minimum Gasteiger partial charge on any atom is -0.488 e. The van der Waals surface area contributed by atoms with Gasteiger partial charge in [-0.3, -0.25) is 0 Å². The van der Waals surface area contributed by atoms with Gasteiger partial charge < -0.3 is 10.5 Å². The van der Waals surface area contributed by atoms with Crippen LogP contribution in [-0.4, -0.2) is 6.61 Å². The van der Waals surface area contributed by atoms with Gasteiger partial charge in [-0.2, -0.15) is 0 Å². The second kappa shape index (κ2) is 4.14. The quantitative estimate of drug-likeness (QED) is 0.603. The highest BCUT2D eigenvalue weighted by atomic mass is 35.5. The molecule has 0 fully saturated rings. The summed E-state index contributed by atoms with van der Waals surface area (Å²) in [6.07, 6.45) is 1.57. The van der Waals surface area contributed by atoms with Crippen molar-refractivity contribution in [3.63, 3.8) is 0 Å². The molecule has 1 aromatic carbocycles. The molecule has 0 heterocycles. The van der Waals surface area contributed by atoms with Crippen molar-refractivity contribution in [3.8, 4) is 5.75 Å². The van der Waals surface area contributed by atoms with E-state index in [0.717, 1.165) is 6.07 Å². The maximum absolute atomic E-state index is 12.8. The molecule has 0 atom stereocenters. The molecule has 2 nitrogen and oxygen atoms in total. The number of hydrogen-bond donors (Lipinski definition) is 1. The van der Waals surface area contributed by atoms with Crippen molar-refractivity contribution < 1.29 is 9.13 Å². The standard InChI is InChI=1S/C9H9ClFNO/c1-2-3-13-9-5-8(12)7(11)4-6(9)10/h2,4-5H,1,3,12H2. The number of halogens is 2. The number of nitrogen functional groups attached to an aromatic ring is 1. The summed E-state index contributed by atoms with van der Waals surface area (Å²) in [7, 11) is 0. The zero-order chi connectivity index (χ0) is 9.84. The molecule has 0 aliphatic carbocycles. The highest BCUT2D eigenvalue weighted by Crippen LogP contribution is 2.28. The third-order valence-electron chi connectivity index (χ3n) is 1.41. The summed E-state index contributed by atoms with van der Waals surface area (Å²) < 4.78 is 17.9. The minimum absolute atomic E-state index is 0.0171. The first-order valence-electron chi connectivity index (χ1n) is 3.63. The second-order valence-corrected chi connectivity index (χ2v) is 2.81. The third kappa shape index (κ3) is 2.36. The molecule has 0 radical (unpaired) electrons. The molecule has 1 rings (SSSR count). The Morgan fingerprint density at radius 1 is 1.62 bits per heavy atom. The summed E-state index contributed by atoms with van der Waals surface area (Å²) in [4.78, 5) is 0. The van der Waals surface area contributed by atoms with Crippen molar-refractivity contribution in [2.24, 2.45) is 0 Å². The van der Waals surface area contributed by atoms with E-state index in [1.54, 1.807) is 6.08 Å². The molecule has 0 bridgehead atoms. The lowest BCUT2D eigenvalue weighted by atomic mass is 10.3.